The summed E-state index contributed by atoms with van der Waals surface area (Å²) in [7, 11) is 0. The van der Waals surface area contributed by atoms with Gasteiger partial charge in [0.2, 0.25) is 0 Å². The molecule has 2 aromatic rings. The summed E-state index contributed by atoms with van der Waals surface area (Å²) in [5.74, 6) is -1.82. The molecule has 0 saturated heterocycles. The number of nitrogens with two attached hydrogens (primary N) is 1. The van der Waals surface area contributed by atoms with Gasteiger partial charge in [-0.1, -0.05) is 35.9 Å². The van der Waals surface area contributed by atoms with Crippen molar-refractivity contribution >= 4 is 11.6 Å². The third kappa shape index (κ3) is 2.46. The predicted octanol–water partition coefficient (Wildman–Crippen LogP) is 3.67. The molecule has 0 aliphatic rings. The highest BCUT2D eigenvalue weighted by Gasteiger charge is 2.16. The lowest BCUT2D eigenvalue weighted by molar-refractivity contribution is 0.494. The van der Waals surface area contributed by atoms with Crippen molar-refractivity contribution in [1.82, 2.24) is 0 Å². The van der Waals surface area contributed by atoms with Crippen molar-refractivity contribution in [2.24, 2.45) is 5.73 Å². The summed E-state index contributed by atoms with van der Waals surface area (Å²) < 4.78 is 26.6. The van der Waals surface area contributed by atoms with Crippen LogP contribution in [0.5, 0.6) is 0 Å². The zero-order valence-corrected chi connectivity index (χ0v) is 9.59. The van der Waals surface area contributed by atoms with Gasteiger partial charge in [0.1, 0.15) is 0 Å². The van der Waals surface area contributed by atoms with E-state index in [1.165, 1.54) is 12.1 Å². The van der Waals surface area contributed by atoms with Crippen LogP contribution in [0.3, 0.4) is 0 Å². The first-order valence-corrected chi connectivity index (χ1v) is 5.42. The normalized spacial score (nSPS) is 12.5. The van der Waals surface area contributed by atoms with Gasteiger partial charge in [-0.15, -0.1) is 0 Å². The fraction of sp³-hybridized carbons (Fsp3) is 0.0769. The SMILES string of the molecule is NC(c1cccc(Cl)c1)c1cccc(F)c1F. The molecule has 0 saturated carbocycles. The number of hydrogen-bond donors (Lipinski definition) is 1. The fourth-order valence-corrected chi connectivity index (χ4v) is 1.84. The predicted molar refractivity (Wildman–Crippen MR) is 63.8 cm³/mol. The minimum Gasteiger partial charge on any atom is -0.320 e. The Morgan fingerprint density at radius 2 is 1.76 bits per heavy atom. The Kier molecular flexibility index (Phi) is 3.41. The maximum absolute atomic E-state index is 13.6. The van der Waals surface area contributed by atoms with E-state index in [0.29, 0.717) is 10.6 Å². The quantitative estimate of drug-likeness (QED) is 0.868. The smallest absolute Gasteiger partial charge is 0.163 e. The Morgan fingerprint density at radius 3 is 2.47 bits per heavy atom. The Labute approximate surface area is 103 Å². The van der Waals surface area contributed by atoms with Crippen LogP contribution >= 0.6 is 11.6 Å². The van der Waals surface area contributed by atoms with Gasteiger partial charge in [0.15, 0.2) is 11.6 Å². The average molecular weight is 254 g/mol. The maximum atomic E-state index is 13.6. The van der Waals surface area contributed by atoms with Gasteiger partial charge >= 0.3 is 0 Å². The summed E-state index contributed by atoms with van der Waals surface area (Å²) in [5.41, 5.74) is 6.65. The standard InChI is InChI=1S/C13H10ClF2N/c14-9-4-1-3-8(7-9)13(17)10-5-2-6-11(15)12(10)16/h1-7,13H,17H2. The summed E-state index contributed by atoms with van der Waals surface area (Å²) in [6.07, 6.45) is 0. The number of benzene rings is 2. The Morgan fingerprint density at radius 1 is 1.06 bits per heavy atom. The van der Waals surface area contributed by atoms with E-state index in [0.717, 1.165) is 6.07 Å². The molecule has 0 aliphatic heterocycles. The number of halogens is 3. The molecule has 17 heavy (non-hydrogen) atoms. The molecule has 1 nitrogen and oxygen atoms in total. The van der Waals surface area contributed by atoms with Crippen LogP contribution in [0, 0.1) is 11.6 Å². The van der Waals surface area contributed by atoms with Gasteiger partial charge in [-0.3, -0.25) is 0 Å². The van der Waals surface area contributed by atoms with E-state index in [-0.39, 0.29) is 5.56 Å². The summed E-state index contributed by atoms with van der Waals surface area (Å²) in [4.78, 5) is 0. The Hall–Kier alpha value is -1.45. The highest BCUT2D eigenvalue weighted by atomic mass is 35.5. The van der Waals surface area contributed by atoms with E-state index >= 15 is 0 Å². The summed E-state index contributed by atoms with van der Waals surface area (Å²) in [6.45, 7) is 0. The van der Waals surface area contributed by atoms with Gasteiger partial charge in [-0.05, 0) is 23.8 Å². The molecule has 4 heteroatoms. The van der Waals surface area contributed by atoms with Gasteiger partial charge in [0, 0.05) is 10.6 Å². The fourth-order valence-electron chi connectivity index (χ4n) is 1.64. The van der Waals surface area contributed by atoms with Crippen molar-refractivity contribution in [2.45, 2.75) is 6.04 Å². The molecule has 0 heterocycles. The van der Waals surface area contributed by atoms with Crippen molar-refractivity contribution in [1.29, 1.82) is 0 Å². The summed E-state index contributed by atoms with van der Waals surface area (Å²) in [5, 5.41) is 0.509. The van der Waals surface area contributed by atoms with E-state index in [9.17, 15) is 8.78 Å². The lowest BCUT2D eigenvalue weighted by Gasteiger charge is -2.13. The molecule has 0 spiro atoms. The molecular weight excluding hydrogens is 244 g/mol. The first kappa shape index (κ1) is 12.0. The highest BCUT2D eigenvalue weighted by molar-refractivity contribution is 6.30. The monoisotopic (exact) mass is 253 g/mol. The molecule has 0 amide bonds. The molecule has 1 unspecified atom stereocenters. The lowest BCUT2D eigenvalue weighted by atomic mass is 9.99. The second-order valence-corrected chi connectivity index (χ2v) is 4.11. The molecule has 2 aromatic carbocycles. The molecule has 2 N–H and O–H groups in total. The average Bonchev–Trinajstić information content (AvgIpc) is 2.32. The van der Waals surface area contributed by atoms with E-state index < -0.39 is 17.7 Å². The Balaban J connectivity index is 2.44. The third-order valence-corrected chi connectivity index (χ3v) is 2.76. The molecule has 0 bridgehead atoms. The topological polar surface area (TPSA) is 26.0 Å². The maximum Gasteiger partial charge on any atom is 0.163 e. The second kappa shape index (κ2) is 4.82. The van der Waals surface area contributed by atoms with Gasteiger partial charge < -0.3 is 5.73 Å². The van der Waals surface area contributed by atoms with Crippen LogP contribution in [-0.4, -0.2) is 0 Å². The number of hydrogen-bond acceptors (Lipinski definition) is 1. The van der Waals surface area contributed by atoms with Gasteiger partial charge in [-0.25, -0.2) is 8.78 Å². The number of rotatable bonds is 2. The molecule has 2 rings (SSSR count). The van der Waals surface area contributed by atoms with E-state index in [2.05, 4.69) is 0 Å². The Bertz CT molecular complexity index is 543. The molecule has 1 atom stereocenters. The highest BCUT2D eigenvalue weighted by Crippen LogP contribution is 2.25. The summed E-state index contributed by atoms with van der Waals surface area (Å²) in [6, 6.07) is 9.99. The van der Waals surface area contributed by atoms with Crippen molar-refractivity contribution in [3.63, 3.8) is 0 Å². The van der Waals surface area contributed by atoms with E-state index in [1.54, 1.807) is 24.3 Å². The first-order valence-electron chi connectivity index (χ1n) is 5.04. The minimum atomic E-state index is -0.917. The van der Waals surface area contributed by atoms with Crippen molar-refractivity contribution in [3.05, 3.63) is 70.2 Å². The second-order valence-electron chi connectivity index (χ2n) is 3.68. The zero-order chi connectivity index (χ0) is 12.4. The van der Waals surface area contributed by atoms with Gasteiger partial charge in [-0.2, -0.15) is 0 Å². The van der Waals surface area contributed by atoms with Gasteiger partial charge in [0.05, 0.1) is 6.04 Å². The molecule has 0 fully saturated rings. The first-order chi connectivity index (χ1) is 8.09. The molecule has 0 radical (unpaired) electrons. The van der Waals surface area contributed by atoms with Crippen LogP contribution in [0.4, 0.5) is 8.78 Å². The summed E-state index contributed by atoms with van der Waals surface area (Å²) >= 11 is 5.82. The van der Waals surface area contributed by atoms with E-state index in [4.69, 9.17) is 17.3 Å². The van der Waals surface area contributed by atoms with Crippen molar-refractivity contribution < 1.29 is 8.78 Å². The lowest BCUT2D eigenvalue weighted by Crippen LogP contribution is -2.14. The largest absolute Gasteiger partial charge is 0.320 e. The molecule has 0 aromatic heterocycles. The van der Waals surface area contributed by atoms with Crippen LogP contribution in [0.15, 0.2) is 42.5 Å². The van der Waals surface area contributed by atoms with Crippen LogP contribution < -0.4 is 5.73 Å². The van der Waals surface area contributed by atoms with Crippen molar-refractivity contribution in [2.75, 3.05) is 0 Å². The van der Waals surface area contributed by atoms with Crippen molar-refractivity contribution in [3.8, 4) is 0 Å². The minimum absolute atomic E-state index is 0.118. The van der Waals surface area contributed by atoms with Crippen LogP contribution in [0.25, 0.3) is 0 Å². The van der Waals surface area contributed by atoms with E-state index in [1.807, 2.05) is 0 Å². The molecular formula is C13H10ClF2N. The van der Waals surface area contributed by atoms with Crippen LogP contribution in [0.2, 0.25) is 5.02 Å². The molecule has 88 valence electrons. The van der Waals surface area contributed by atoms with Crippen LogP contribution in [-0.2, 0) is 0 Å². The zero-order valence-electron chi connectivity index (χ0n) is 8.83. The third-order valence-electron chi connectivity index (χ3n) is 2.52. The van der Waals surface area contributed by atoms with Crippen LogP contribution in [0.1, 0.15) is 17.2 Å². The van der Waals surface area contributed by atoms with Gasteiger partial charge in [0.25, 0.3) is 0 Å². The molecule has 0 aliphatic carbocycles.